The molecule has 3 nitrogen and oxygen atoms in total. The van der Waals surface area contributed by atoms with E-state index in [1.54, 1.807) is 0 Å². The van der Waals surface area contributed by atoms with Gasteiger partial charge in [-0.05, 0) is 32.4 Å². The number of hydrogen-bond acceptors (Lipinski definition) is 3. The first-order valence-electron chi connectivity index (χ1n) is 5.20. The van der Waals surface area contributed by atoms with Gasteiger partial charge in [-0.3, -0.25) is 5.32 Å². The van der Waals surface area contributed by atoms with Gasteiger partial charge in [0.1, 0.15) is 0 Å². The van der Waals surface area contributed by atoms with Crippen molar-refractivity contribution in [3.63, 3.8) is 0 Å². The van der Waals surface area contributed by atoms with E-state index in [0.29, 0.717) is 17.6 Å². The Hall–Kier alpha value is -0.120. The third-order valence-corrected chi connectivity index (χ3v) is 3.02. The van der Waals surface area contributed by atoms with E-state index in [1.807, 2.05) is 7.05 Å². The van der Waals surface area contributed by atoms with Gasteiger partial charge in [0.05, 0.1) is 6.17 Å². The van der Waals surface area contributed by atoms with Gasteiger partial charge in [-0.15, -0.1) is 0 Å². The van der Waals surface area contributed by atoms with E-state index < -0.39 is 0 Å². The predicted octanol–water partition coefficient (Wildman–Crippen LogP) is 0.530. The number of hydrogen-bond donors (Lipinski definition) is 3. The molecule has 0 aliphatic carbocycles. The Balaban J connectivity index is 2.46. The van der Waals surface area contributed by atoms with Crippen LogP contribution in [0.25, 0.3) is 0 Å². The molecule has 78 valence electrons. The molecule has 1 fully saturated rings. The fourth-order valence-corrected chi connectivity index (χ4v) is 1.86. The smallest absolute Gasteiger partial charge is 0.0542 e. The van der Waals surface area contributed by atoms with Crippen LogP contribution in [0.1, 0.15) is 27.2 Å². The van der Waals surface area contributed by atoms with Crippen LogP contribution in [-0.2, 0) is 0 Å². The molecule has 2 atom stereocenters. The second-order valence-electron chi connectivity index (χ2n) is 4.68. The first-order valence-corrected chi connectivity index (χ1v) is 5.20. The average molecular weight is 185 g/mol. The zero-order valence-corrected chi connectivity index (χ0v) is 9.28. The van der Waals surface area contributed by atoms with E-state index in [4.69, 9.17) is 0 Å². The van der Waals surface area contributed by atoms with Gasteiger partial charge in [0.15, 0.2) is 0 Å². The lowest BCUT2D eigenvalue weighted by molar-refractivity contribution is 0.169. The molecule has 3 heteroatoms. The molecule has 0 aromatic rings. The molecule has 1 saturated heterocycles. The number of nitrogens with one attached hydrogen (secondary N) is 3. The Morgan fingerprint density at radius 2 is 2.15 bits per heavy atom. The van der Waals surface area contributed by atoms with E-state index in [0.717, 1.165) is 13.1 Å². The van der Waals surface area contributed by atoms with Crippen LogP contribution in [0.4, 0.5) is 0 Å². The van der Waals surface area contributed by atoms with Gasteiger partial charge in [0.2, 0.25) is 0 Å². The van der Waals surface area contributed by atoms with Crippen molar-refractivity contribution in [3.05, 3.63) is 0 Å². The maximum atomic E-state index is 3.61. The minimum absolute atomic E-state index is 0.364. The molecule has 0 bridgehead atoms. The summed E-state index contributed by atoms with van der Waals surface area (Å²) in [5.74, 6) is 0. The van der Waals surface area contributed by atoms with Crippen LogP contribution in [0.3, 0.4) is 0 Å². The van der Waals surface area contributed by atoms with E-state index in [-0.39, 0.29) is 0 Å². The Morgan fingerprint density at radius 3 is 2.69 bits per heavy atom. The minimum Gasteiger partial charge on any atom is -0.316 e. The standard InChI is InChI=1S/C10H23N3/c1-8(11-4)13-9-5-6-12-7-10(9,2)3/h8-9,11-13H,5-7H2,1-4H3. The highest BCUT2D eigenvalue weighted by Gasteiger charge is 2.32. The number of piperidine rings is 1. The summed E-state index contributed by atoms with van der Waals surface area (Å²) in [5.41, 5.74) is 0.364. The molecule has 0 aromatic carbocycles. The van der Waals surface area contributed by atoms with Gasteiger partial charge >= 0.3 is 0 Å². The van der Waals surface area contributed by atoms with Crippen molar-refractivity contribution in [2.24, 2.45) is 5.41 Å². The van der Waals surface area contributed by atoms with Gasteiger partial charge in [-0.1, -0.05) is 13.8 Å². The van der Waals surface area contributed by atoms with Crippen LogP contribution in [0, 0.1) is 5.41 Å². The first-order chi connectivity index (χ1) is 6.06. The first kappa shape index (κ1) is 11.0. The highest BCUT2D eigenvalue weighted by Crippen LogP contribution is 2.24. The van der Waals surface area contributed by atoms with Crippen molar-refractivity contribution < 1.29 is 0 Å². The molecule has 0 radical (unpaired) electrons. The summed E-state index contributed by atoms with van der Waals surface area (Å²) in [5, 5.41) is 10.3. The molecule has 13 heavy (non-hydrogen) atoms. The van der Waals surface area contributed by atoms with Crippen LogP contribution in [-0.4, -0.2) is 32.3 Å². The summed E-state index contributed by atoms with van der Waals surface area (Å²) >= 11 is 0. The molecule has 1 aliphatic rings. The summed E-state index contributed by atoms with van der Waals surface area (Å²) in [7, 11) is 1.99. The van der Waals surface area contributed by atoms with E-state index in [9.17, 15) is 0 Å². The van der Waals surface area contributed by atoms with Gasteiger partial charge in [-0.25, -0.2) is 0 Å². The normalized spacial score (nSPS) is 30.0. The fourth-order valence-electron chi connectivity index (χ4n) is 1.86. The predicted molar refractivity (Wildman–Crippen MR) is 56.7 cm³/mol. The lowest BCUT2D eigenvalue weighted by Gasteiger charge is -2.41. The van der Waals surface area contributed by atoms with Crippen molar-refractivity contribution in [3.8, 4) is 0 Å². The topological polar surface area (TPSA) is 36.1 Å². The highest BCUT2D eigenvalue weighted by atomic mass is 15.1. The second kappa shape index (κ2) is 4.40. The molecular formula is C10H23N3. The van der Waals surface area contributed by atoms with Crippen molar-refractivity contribution in [2.75, 3.05) is 20.1 Å². The molecule has 1 aliphatic heterocycles. The van der Waals surface area contributed by atoms with Crippen LogP contribution >= 0.6 is 0 Å². The maximum absolute atomic E-state index is 3.61. The third kappa shape index (κ3) is 2.93. The lowest BCUT2D eigenvalue weighted by Crippen LogP contribution is -2.57. The van der Waals surface area contributed by atoms with Crippen molar-refractivity contribution in [1.29, 1.82) is 0 Å². The second-order valence-corrected chi connectivity index (χ2v) is 4.68. The lowest BCUT2D eigenvalue weighted by atomic mass is 9.80. The van der Waals surface area contributed by atoms with E-state index in [1.165, 1.54) is 6.42 Å². The Labute approximate surface area is 81.7 Å². The molecule has 1 heterocycles. The molecule has 0 aromatic heterocycles. The van der Waals surface area contributed by atoms with Gasteiger partial charge in [-0.2, -0.15) is 0 Å². The summed E-state index contributed by atoms with van der Waals surface area (Å²) < 4.78 is 0. The zero-order valence-electron chi connectivity index (χ0n) is 9.28. The van der Waals surface area contributed by atoms with Gasteiger partial charge in [0.25, 0.3) is 0 Å². The van der Waals surface area contributed by atoms with Gasteiger partial charge < -0.3 is 10.6 Å². The molecule has 2 unspecified atom stereocenters. The van der Waals surface area contributed by atoms with Gasteiger partial charge in [0, 0.05) is 12.6 Å². The third-order valence-electron chi connectivity index (χ3n) is 3.02. The van der Waals surface area contributed by atoms with Crippen LogP contribution in [0.5, 0.6) is 0 Å². The van der Waals surface area contributed by atoms with Crippen LogP contribution in [0.15, 0.2) is 0 Å². The van der Waals surface area contributed by atoms with Crippen molar-refractivity contribution >= 4 is 0 Å². The monoisotopic (exact) mass is 185 g/mol. The highest BCUT2D eigenvalue weighted by molar-refractivity contribution is 4.90. The molecule has 0 saturated carbocycles. The minimum atomic E-state index is 0.364. The average Bonchev–Trinajstić information content (AvgIpc) is 2.08. The molecule has 0 spiro atoms. The summed E-state index contributed by atoms with van der Waals surface area (Å²) in [6.07, 6.45) is 1.63. The summed E-state index contributed by atoms with van der Waals surface area (Å²) in [4.78, 5) is 0. The quantitative estimate of drug-likeness (QED) is 0.561. The Kier molecular flexibility index (Phi) is 3.71. The Morgan fingerprint density at radius 1 is 1.46 bits per heavy atom. The van der Waals surface area contributed by atoms with Crippen LogP contribution < -0.4 is 16.0 Å². The van der Waals surface area contributed by atoms with E-state index in [2.05, 4.69) is 36.7 Å². The number of rotatable bonds is 3. The molecule has 1 rings (SSSR count). The van der Waals surface area contributed by atoms with Crippen LogP contribution in [0.2, 0.25) is 0 Å². The largest absolute Gasteiger partial charge is 0.316 e. The summed E-state index contributed by atoms with van der Waals surface area (Å²) in [6, 6.07) is 0.621. The molecule has 0 amide bonds. The zero-order chi connectivity index (χ0) is 9.90. The SMILES string of the molecule is CNC(C)NC1CCNCC1(C)C. The maximum Gasteiger partial charge on any atom is 0.0542 e. The van der Waals surface area contributed by atoms with Crippen molar-refractivity contribution in [1.82, 2.24) is 16.0 Å². The molecular weight excluding hydrogens is 162 g/mol. The molecule has 3 N–H and O–H groups in total. The fraction of sp³-hybridized carbons (Fsp3) is 1.00. The summed E-state index contributed by atoms with van der Waals surface area (Å²) in [6.45, 7) is 9.05. The van der Waals surface area contributed by atoms with Crippen molar-refractivity contribution in [2.45, 2.75) is 39.4 Å². The van der Waals surface area contributed by atoms with E-state index >= 15 is 0 Å². The Bertz CT molecular complexity index is 156.